The zero-order chi connectivity index (χ0) is 19.1. The van der Waals surface area contributed by atoms with Crippen molar-refractivity contribution in [3.8, 4) is 5.75 Å². The number of fused-ring (bicyclic) bond motifs is 5. The summed E-state index contributed by atoms with van der Waals surface area (Å²) in [7, 11) is 1.29. The number of esters is 1. The summed E-state index contributed by atoms with van der Waals surface area (Å²) in [5, 5.41) is 5.15. The Balaban J connectivity index is 1.46. The predicted octanol–water partition coefficient (Wildman–Crippen LogP) is 2.14. The van der Waals surface area contributed by atoms with Crippen molar-refractivity contribution in [3.63, 3.8) is 0 Å². The molecule has 2 amide bonds. The maximum absolute atomic E-state index is 12.6. The molecule has 4 atom stereocenters. The molecule has 1 heterocycles. The highest BCUT2D eigenvalue weighted by atomic mass is 79.9. The first-order valence-electron chi connectivity index (χ1n) is 8.59. The number of rotatable bonds is 5. The van der Waals surface area contributed by atoms with Gasteiger partial charge >= 0.3 is 5.97 Å². The molecule has 1 saturated carbocycles. The lowest BCUT2D eigenvalue weighted by atomic mass is 9.85. The molecule has 27 heavy (non-hydrogen) atoms. The lowest BCUT2D eigenvalue weighted by Crippen LogP contribution is -2.28. The Bertz CT molecular complexity index is 851. The number of halogens is 1. The van der Waals surface area contributed by atoms with Crippen LogP contribution in [0.25, 0.3) is 0 Å². The average Bonchev–Trinajstić information content (AvgIpc) is 3.33. The van der Waals surface area contributed by atoms with E-state index >= 15 is 0 Å². The maximum atomic E-state index is 12.6. The monoisotopic (exact) mass is 432 g/mol. The van der Waals surface area contributed by atoms with E-state index in [2.05, 4.69) is 25.8 Å². The molecular formula is C19H17BrN2O5. The number of allylic oxidation sites excluding steroid dienone is 2. The SMILES string of the molecule is COC(=O)COc1ccc(C=NN2C(=O)[C@@H]3[C@H](C2=O)[C@H]2C=C[C@H]3C2)cc1Br. The van der Waals surface area contributed by atoms with Crippen LogP contribution >= 0.6 is 15.9 Å². The van der Waals surface area contributed by atoms with Gasteiger partial charge in [0.05, 0.1) is 29.6 Å². The van der Waals surface area contributed by atoms with E-state index in [-0.39, 0.29) is 42.1 Å². The number of amides is 2. The predicted molar refractivity (Wildman–Crippen MR) is 98.8 cm³/mol. The molecule has 1 aliphatic heterocycles. The van der Waals surface area contributed by atoms with Crippen molar-refractivity contribution in [2.45, 2.75) is 6.42 Å². The molecule has 7 nitrogen and oxygen atoms in total. The van der Waals surface area contributed by atoms with Gasteiger partial charge in [0, 0.05) is 0 Å². The minimum Gasteiger partial charge on any atom is -0.481 e. The minimum absolute atomic E-state index is 0.164. The Labute approximate surface area is 164 Å². The number of carbonyl (C=O) groups is 3. The Kier molecular flexibility index (Phi) is 4.59. The van der Waals surface area contributed by atoms with Gasteiger partial charge < -0.3 is 9.47 Å². The molecule has 1 saturated heterocycles. The second-order valence-corrected chi connectivity index (χ2v) is 7.64. The number of benzene rings is 1. The first kappa shape index (κ1) is 17.9. The van der Waals surface area contributed by atoms with Crippen LogP contribution in [0.2, 0.25) is 0 Å². The zero-order valence-corrected chi connectivity index (χ0v) is 16.1. The fourth-order valence-electron chi connectivity index (χ4n) is 4.03. The molecule has 0 aromatic heterocycles. The van der Waals surface area contributed by atoms with E-state index in [0.29, 0.717) is 15.8 Å². The van der Waals surface area contributed by atoms with E-state index in [1.165, 1.54) is 13.3 Å². The fourth-order valence-corrected chi connectivity index (χ4v) is 4.55. The topological polar surface area (TPSA) is 85.3 Å². The smallest absolute Gasteiger partial charge is 0.343 e. The largest absolute Gasteiger partial charge is 0.481 e. The molecule has 140 valence electrons. The van der Waals surface area contributed by atoms with Crippen LogP contribution in [0.3, 0.4) is 0 Å². The highest BCUT2D eigenvalue weighted by Gasteiger charge is 2.59. The molecule has 2 fully saturated rings. The summed E-state index contributed by atoms with van der Waals surface area (Å²) >= 11 is 3.37. The first-order valence-corrected chi connectivity index (χ1v) is 9.38. The quantitative estimate of drug-likeness (QED) is 0.308. The zero-order valence-electron chi connectivity index (χ0n) is 14.5. The number of carbonyl (C=O) groups excluding carboxylic acids is 3. The molecule has 1 aromatic rings. The third-order valence-corrected chi connectivity index (χ3v) is 5.92. The number of ether oxygens (including phenoxy) is 2. The summed E-state index contributed by atoms with van der Waals surface area (Å²) in [5.41, 5.74) is 0.686. The van der Waals surface area contributed by atoms with Gasteiger partial charge in [-0.25, -0.2) is 4.79 Å². The third-order valence-electron chi connectivity index (χ3n) is 5.30. The Hall–Kier alpha value is -2.48. The maximum Gasteiger partial charge on any atom is 0.343 e. The molecule has 0 N–H and O–H groups in total. The Morgan fingerprint density at radius 1 is 1.26 bits per heavy atom. The van der Waals surface area contributed by atoms with Gasteiger partial charge in [0.2, 0.25) is 0 Å². The highest BCUT2D eigenvalue weighted by molar-refractivity contribution is 9.10. The Morgan fingerprint density at radius 2 is 1.93 bits per heavy atom. The van der Waals surface area contributed by atoms with E-state index < -0.39 is 5.97 Å². The second kappa shape index (κ2) is 6.92. The van der Waals surface area contributed by atoms with Gasteiger partial charge in [-0.15, -0.1) is 0 Å². The number of imide groups is 1. The van der Waals surface area contributed by atoms with Crippen LogP contribution in [-0.4, -0.2) is 42.7 Å². The molecule has 4 rings (SSSR count). The summed E-state index contributed by atoms with van der Waals surface area (Å²) in [6, 6.07) is 5.12. The molecule has 0 spiro atoms. The minimum atomic E-state index is -0.479. The molecule has 3 aliphatic rings. The number of hydrogen-bond donors (Lipinski definition) is 0. The summed E-state index contributed by atoms with van der Waals surface area (Å²) in [5.74, 6) is -0.619. The van der Waals surface area contributed by atoms with E-state index in [1.54, 1.807) is 18.2 Å². The van der Waals surface area contributed by atoms with Crippen LogP contribution in [0.4, 0.5) is 0 Å². The van der Waals surface area contributed by atoms with E-state index in [0.717, 1.165) is 11.4 Å². The normalized spacial score (nSPS) is 28.3. The van der Waals surface area contributed by atoms with Crippen molar-refractivity contribution in [2.75, 3.05) is 13.7 Å². The van der Waals surface area contributed by atoms with Crippen LogP contribution in [-0.2, 0) is 19.1 Å². The fraction of sp³-hybridized carbons (Fsp3) is 0.368. The molecule has 0 radical (unpaired) electrons. The molecule has 2 aliphatic carbocycles. The van der Waals surface area contributed by atoms with Gasteiger partial charge in [0.25, 0.3) is 11.8 Å². The number of hydrazone groups is 1. The van der Waals surface area contributed by atoms with Gasteiger partial charge in [0.15, 0.2) is 6.61 Å². The summed E-state index contributed by atoms with van der Waals surface area (Å²) in [6.45, 7) is -0.196. The van der Waals surface area contributed by atoms with Crippen molar-refractivity contribution in [1.29, 1.82) is 0 Å². The van der Waals surface area contributed by atoms with Gasteiger partial charge in [-0.05, 0) is 57.9 Å². The molecule has 2 bridgehead atoms. The van der Waals surface area contributed by atoms with Crippen LogP contribution in [0.5, 0.6) is 5.75 Å². The van der Waals surface area contributed by atoms with Gasteiger partial charge in [0.1, 0.15) is 5.75 Å². The van der Waals surface area contributed by atoms with Crippen molar-refractivity contribution in [2.24, 2.45) is 28.8 Å². The Morgan fingerprint density at radius 3 is 2.52 bits per heavy atom. The lowest BCUT2D eigenvalue weighted by molar-refractivity contribution is -0.143. The molecule has 8 heteroatoms. The van der Waals surface area contributed by atoms with Gasteiger partial charge in [-0.3, -0.25) is 9.59 Å². The van der Waals surface area contributed by atoms with Crippen LogP contribution in [0.1, 0.15) is 12.0 Å². The molecule has 1 aromatic carbocycles. The molecule has 0 unspecified atom stereocenters. The van der Waals surface area contributed by atoms with E-state index in [1.807, 2.05) is 12.2 Å². The molecular weight excluding hydrogens is 416 g/mol. The third kappa shape index (κ3) is 3.07. The average molecular weight is 433 g/mol. The van der Waals surface area contributed by atoms with Crippen molar-refractivity contribution < 1.29 is 23.9 Å². The summed E-state index contributed by atoms with van der Waals surface area (Å²) in [4.78, 5) is 36.3. The number of nitrogens with zero attached hydrogens (tertiary/aromatic N) is 2. The van der Waals surface area contributed by atoms with Crippen LogP contribution in [0, 0.1) is 23.7 Å². The van der Waals surface area contributed by atoms with Crippen LogP contribution < -0.4 is 4.74 Å². The van der Waals surface area contributed by atoms with Gasteiger partial charge in [-0.2, -0.15) is 10.1 Å². The van der Waals surface area contributed by atoms with Crippen molar-refractivity contribution in [3.05, 3.63) is 40.4 Å². The van der Waals surface area contributed by atoms with E-state index in [9.17, 15) is 14.4 Å². The summed E-state index contributed by atoms with van der Waals surface area (Å²) in [6.07, 6.45) is 6.47. The van der Waals surface area contributed by atoms with Crippen molar-refractivity contribution in [1.82, 2.24) is 5.01 Å². The standard InChI is InChI=1S/C19H17BrN2O5/c1-26-15(23)9-27-14-5-2-10(6-13(14)20)8-21-22-18(24)16-11-3-4-12(7-11)17(16)19(22)25/h2-6,8,11-12,16-17H,7,9H2,1H3/t11-,12-,16-,17+/m0/s1. The van der Waals surface area contributed by atoms with E-state index in [4.69, 9.17) is 4.74 Å². The van der Waals surface area contributed by atoms with Crippen molar-refractivity contribution >= 4 is 39.9 Å². The second-order valence-electron chi connectivity index (χ2n) is 6.79. The summed E-state index contributed by atoms with van der Waals surface area (Å²) < 4.78 is 10.5. The van der Waals surface area contributed by atoms with Crippen LogP contribution in [0.15, 0.2) is 39.9 Å². The number of methoxy groups -OCH3 is 1. The first-order chi connectivity index (χ1) is 13.0. The lowest BCUT2D eigenvalue weighted by Gasteiger charge is -2.13. The number of hydrogen-bond acceptors (Lipinski definition) is 6. The highest BCUT2D eigenvalue weighted by Crippen LogP contribution is 2.52. The van der Waals surface area contributed by atoms with Gasteiger partial charge in [-0.1, -0.05) is 12.2 Å².